The largest absolute Gasteiger partial charge is 0.489 e. The Morgan fingerprint density at radius 2 is 2.00 bits per heavy atom. The first-order chi connectivity index (χ1) is 15.1. The van der Waals surface area contributed by atoms with Gasteiger partial charge in [-0.05, 0) is 0 Å². The van der Waals surface area contributed by atoms with Gasteiger partial charge in [0.2, 0.25) is 10.0 Å². The van der Waals surface area contributed by atoms with Gasteiger partial charge >= 0.3 is 0 Å². The van der Waals surface area contributed by atoms with Gasteiger partial charge in [-0.2, -0.15) is 5.26 Å². The fourth-order valence-electron chi connectivity index (χ4n) is 3.93. The molecule has 13 heteroatoms. The van der Waals surface area contributed by atoms with Crippen LogP contribution < -0.4 is 14.8 Å². The third-order valence-corrected chi connectivity index (χ3v) is 6.89. The number of carbonyl (C=O) groups is 1. The SMILES string of the molecule is Cn1cc2c(c1C(=O)Nc1cc(F)c(F)c(F)c1)OCC1CN(CC#N)CC1NS2(=O)=O. The van der Waals surface area contributed by atoms with E-state index in [1.807, 2.05) is 6.07 Å². The molecule has 1 aromatic heterocycles. The number of rotatable bonds is 3. The number of benzene rings is 1. The molecule has 0 bridgehead atoms. The molecule has 2 N–H and O–H groups in total. The highest BCUT2D eigenvalue weighted by Crippen LogP contribution is 2.34. The molecule has 1 fully saturated rings. The van der Waals surface area contributed by atoms with E-state index in [2.05, 4.69) is 10.0 Å². The number of anilines is 1. The second-order valence-electron chi connectivity index (χ2n) is 7.64. The summed E-state index contributed by atoms with van der Waals surface area (Å²) in [6, 6.07) is 2.77. The van der Waals surface area contributed by atoms with Crippen LogP contribution in [0.15, 0.2) is 23.2 Å². The molecule has 3 heterocycles. The van der Waals surface area contributed by atoms with Crippen LogP contribution in [-0.2, 0) is 17.1 Å². The van der Waals surface area contributed by atoms with Gasteiger partial charge in [0.25, 0.3) is 5.91 Å². The zero-order chi connectivity index (χ0) is 23.2. The minimum absolute atomic E-state index is 0.0756. The predicted octanol–water partition coefficient (Wildman–Crippen LogP) is 1.19. The van der Waals surface area contributed by atoms with E-state index in [4.69, 9.17) is 10.00 Å². The van der Waals surface area contributed by atoms with Crippen LogP contribution in [0.4, 0.5) is 18.9 Å². The first-order valence-corrected chi connectivity index (χ1v) is 11.0. The Morgan fingerprint density at radius 1 is 1.31 bits per heavy atom. The molecule has 0 radical (unpaired) electrons. The van der Waals surface area contributed by atoms with E-state index in [0.717, 1.165) is 0 Å². The van der Waals surface area contributed by atoms with Gasteiger partial charge in [-0.3, -0.25) is 9.69 Å². The van der Waals surface area contributed by atoms with Crippen LogP contribution in [0.1, 0.15) is 10.5 Å². The molecule has 32 heavy (non-hydrogen) atoms. The summed E-state index contributed by atoms with van der Waals surface area (Å²) < 4.78 is 75.7. The number of ether oxygens (including phenoxy) is 1. The molecule has 1 saturated heterocycles. The van der Waals surface area contributed by atoms with Gasteiger partial charge in [-0.1, -0.05) is 0 Å². The molecule has 2 atom stereocenters. The Hall–Kier alpha value is -3.08. The Balaban J connectivity index is 1.66. The first-order valence-electron chi connectivity index (χ1n) is 9.50. The van der Waals surface area contributed by atoms with Gasteiger partial charge in [0.1, 0.15) is 4.90 Å². The Labute approximate surface area is 181 Å². The fourth-order valence-corrected chi connectivity index (χ4v) is 5.42. The maximum Gasteiger partial charge on any atom is 0.276 e. The molecule has 2 unspecified atom stereocenters. The lowest BCUT2D eigenvalue weighted by molar-refractivity contribution is 0.101. The van der Waals surface area contributed by atoms with E-state index in [1.165, 1.54) is 17.8 Å². The molecule has 9 nitrogen and oxygen atoms in total. The minimum Gasteiger partial charge on any atom is -0.489 e. The van der Waals surface area contributed by atoms with Crippen molar-refractivity contribution in [3.63, 3.8) is 0 Å². The number of nitriles is 1. The number of hydrogen-bond acceptors (Lipinski definition) is 6. The number of sulfonamides is 1. The lowest BCUT2D eigenvalue weighted by Gasteiger charge is -2.23. The number of fused-ring (bicyclic) bond motifs is 2. The number of likely N-dealkylation sites (tertiary alicyclic amines) is 1. The van der Waals surface area contributed by atoms with Crippen molar-refractivity contribution in [3.05, 3.63) is 41.5 Å². The molecule has 4 rings (SSSR count). The fraction of sp³-hybridized carbons (Fsp3) is 0.368. The molecule has 0 saturated carbocycles. The first kappa shape index (κ1) is 22.1. The van der Waals surface area contributed by atoms with Crippen LogP contribution in [0.25, 0.3) is 0 Å². The zero-order valence-corrected chi connectivity index (χ0v) is 17.5. The highest BCUT2D eigenvalue weighted by Gasteiger charge is 2.41. The standard InChI is InChI=1S/C19H18F3N5O4S/c1-26-8-15-18(17(26)19(28)24-11-4-12(20)16(22)13(21)5-11)31-9-10-6-27(3-2-23)7-14(10)25-32(15,29)30/h4-5,8,10,14,25H,3,6-7,9H2,1H3,(H,24,28). The summed E-state index contributed by atoms with van der Waals surface area (Å²) in [5, 5.41) is 11.1. The maximum atomic E-state index is 13.5. The molecule has 2 aliphatic heterocycles. The number of aryl methyl sites for hydroxylation is 1. The Bertz CT molecular complexity index is 1220. The molecule has 1 amide bonds. The van der Waals surface area contributed by atoms with Gasteiger partial charge in [0.05, 0.1) is 19.2 Å². The monoisotopic (exact) mass is 469 g/mol. The number of halogens is 3. The smallest absolute Gasteiger partial charge is 0.276 e. The second-order valence-corrected chi connectivity index (χ2v) is 9.32. The highest BCUT2D eigenvalue weighted by molar-refractivity contribution is 7.89. The van der Waals surface area contributed by atoms with Crippen LogP contribution in [0.2, 0.25) is 0 Å². The van der Waals surface area contributed by atoms with Crippen molar-refractivity contribution in [3.8, 4) is 11.8 Å². The summed E-state index contributed by atoms with van der Waals surface area (Å²) in [5.41, 5.74) is -0.544. The van der Waals surface area contributed by atoms with Crippen molar-refractivity contribution in [2.75, 3.05) is 31.6 Å². The van der Waals surface area contributed by atoms with Gasteiger partial charge in [-0.25, -0.2) is 26.3 Å². The van der Waals surface area contributed by atoms with Crippen molar-refractivity contribution in [1.29, 1.82) is 5.26 Å². The Morgan fingerprint density at radius 3 is 2.66 bits per heavy atom. The van der Waals surface area contributed by atoms with Gasteiger partial charge in [0.15, 0.2) is 28.9 Å². The van der Waals surface area contributed by atoms with Crippen LogP contribution >= 0.6 is 0 Å². The predicted molar refractivity (Wildman–Crippen MR) is 105 cm³/mol. The number of nitrogens with zero attached hydrogens (tertiary/aromatic N) is 3. The van der Waals surface area contributed by atoms with Crippen molar-refractivity contribution in [1.82, 2.24) is 14.2 Å². The summed E-state index contributed by atoms with van der Waals surface area (Å²) in [6.45, 7) is 0.990. The number of nitrogens with one attached hydrogen (secondary N) is 2. The average molecular weight is 469 g/mol. The van der Waals surface area contributed by atoms with E-state index in [9.17, 15) is 26.4 Å². The van der Waals surface area contributed by atoms with Crippen molar-refractivity contribution in [2.24, 2.45) is 13.0 Å². The molecule has 1 aromatic carbocycles. The van der Waals surface area contributed by atoms with Crippen LogP contribution in [0.3, 0.4) is 0 Å². The summed E-state index contributed by atoms with van der Waals surface area (Å²) in [6.07, 6.45) is 1.20. The third kappa shape index (κ3) is 3.92. The van der Waals surface area contributed by atoms with Crippen molar-refractivity contribution < 1.29 is 31.1 Å². The molecular formula is C19H18F3N5O4S. The molecule has 170 valence electrons. The normalized spacial score (nSPS) is 22.1. The summed E-state index contributed by atoms with van der Waals surface area (Å²) in [7, 11) is -2.66. The number of amides is 1. The summed E-state index contributed by atoms with van der Waals surface area (Å²) >= 11 is 0. The molecule has 0 aliphatic carbocycles. The van der Waals surface area contributed by atoms with Crippen molar-refractivity contribution in [2.45, 2.75) is 10.9 Å². The molecule has 2 aromatic rings. The molecular weight excluding hydrogens is 451 g/mol. The van der Waals surface area contributed by atoms with E-state index in [-0.39, 0.29) is 41.1 Å². The van der Waals surface area contributed by atoms with Crippen LogP contribution in [-0.4, -0.2) is 56.1 Å². The van der Waals surface area contributed by atoms with E-state index in [0.29, 0.717) is 25.2 Å². The average Bonchev–Trinajstić information content (AvgIpc) is 3.23. The maximum absolute atomic E-state index is 13.5. The lowest BCUT2D eigenvalue weighted by atomic mass is 10.1. The minimum atomic E-state index is -4.08. The van der Waals surface area contributed by atoms with Gasteiger partial charge in [-0.15, -0.1) is 0 Å². The number of hydrogen-bond donors (Lipinski definition) is 2. The van der Waals surface area contributed by atoms with Crippen molar-refractivity contribution >= 4 is 21.6 Å². The van der Waals surface area contributed by atoms with E-state index < -0.39 is 39.4 Å². The second kappa shape index (κ2) is 8.12. The summed E-state index contributed by atoms with van der Waals surface area (Å²) in [4.78, 5) is 14.4. The van der Waals surface area contributed by atoms with Crippen LogP contribution in [0, 0.1) is 34.7 Å². The quantitative estimate of drug-likeness (QED) is 0.515. The van der Waals surface area contributed by atoms with Crippen LogP contribution in [0.5, 0.6) is 5.75 Å². The summed E-state index contributed by atoms with van der Waals surface area (Å²) in [5.74, 6) is -6.02. The highest BCUT2D eigenvalue weighted by atomic mass is 32.2. The number of carbonyl (C=O) groups excluding carboxylic acids is 1. The van der Waals surface area contributed by atoms with E-state index >= 15 is 0 Å². The van der Waals surface area contributed by atoms with Gasteiger partial charge < -0.3 is 14.6 Å². The topological polar surface area (TPSA) is 116 Å². The van der Waals surface area contributed by atoms with E-state index in [1.54, 1.807) is 4.90 Å². The van der Waals surface area contributed by atoms with Gasteiger partial charge in [0, 0.05) is 56.1 Å². The third-order valence-electron chi connectivity index (χ3n) is 5.41. The lowest BCUT2D eigenvalue weighted by Crippen LogP contribution is -2.43. The Kier molecular flexibility index (Phi) is 5.61. The number of aromatic nitrogens is 1. The molecule has 2 aliphatic rings. The zero-order valence-electron chi connectivity index (χ0n) is 16.7. The molecule has 0 spiro atoms.